The number of hydrogen-bond acceptors (Lipinski definition) is 2. The smallest absolute Gasteiger partial charge is 0.150 e. The van der Waals surface area contributed by atoms with Gasteiger partial charge >= 0.3 is 0 Å². The molecular weight excluding hydrogens is 301 g/mol. The van der Waals surface area contributed by atoms with Gasteiger partial charge in [0.15, 0.2) is 5.82 Å². The van der Waals surface area contributed by atoms with Crippen molar-refractivity contribution in [2.24, 2.45) is 0 Å². The Morgan fingerprint density at radius 3 is 2.76 bits per heavy atom. The molecule has 0 spiro atoms. The molecule has 17 heavy (non-hydrogen) atoms. The summed E-state index contributed by atoms with van der Waals surface area (Å²) in [5, 5.41) is 2.78. The Balaban J connectivity index is 2.42. The molecule has 0 atom stereocenters. The molecule has 1 aromatic carbocycles. The maximum absolute atomic E-state index is 14.0. The van der Waals surface area contributed by atoms with Gasteiger partial charge in [-0.3, -0.25) is 4.98 Å². The second-order valence-electron chi connectivity index (χ2n) is 3.60. The molecule has 0 aliphatic heterocycles. The minimum absolute atomic E-state index is 0.285. The van der Waals surface area contributed by atoms with Gasteiger partial charge in [-0.05, 0) is 33.4 Å². The lowest BCUT2D eigenvalue weighted by Crippen LogP contribution is -1.88. The minimum atomic E-state index is -0.285. The summed E-state index contributed by atoms with van der Waals surface area (Å²) in [7, 11) is 0. The lowest BCUT2D eigenvalue weighted by Gasteiger charge is -2.06. The summed E-state index contributed by atoms with van der Waals surface area (Å²) in [6, 6.07) is 9.51. The SMILES string of the molecule is Fc1cnc2ccccc2c1-c1sccc1Br. The monoisotopic (exact) mass is 307 g/mol. The van der Waals surface area contributed by atoms with E-state index in [0.29, 0.717) is 5.56 Å². The first-order chi connectivity index (χ1) is 8.27. The zero-order valence-corrected chi connectivity index (χ0v) is 11.1. The van der Waals surface area contributed by atoms with E-state index in [1.807, 2.05) is 35.7 Å². The molecule has 0 bridgehead atoms. The van der Waals surface area contributed by atoms with Crippen LogP contribution >= 0.6 is 27.3 Å². The van der Waals surface area contributed by atoms with Gasteiger partial charge in [-0.2, -0.15) is 0 Å². The van der Waals surface area contributed by atoms with Gasteiger partial charge in [0.05, 0.1) is 16.6 Å². The molecule has 2 aromatic heterocycles. The van der Waals surface area contributed by atoms with Crippen LogP contribution in [-0.4, -0.2) is 4.98 Å². The van der Waals surface area contributed by atoms with Crippen LogP contribution in [-0.2, 0) is 0 Å². The second kappa shape index (κ2) is 4.20. The highest BCUT2D eigenvalue weighted by molar-refractivity contribution is 9.10. The number of halogens is 2. The fraction of sp³-hybridized carbons (Fsp3) is 0. The van der Waals surface area contributed by atoms with Crippen LogP contribution < -0.4 is 0 Å². The normalized spacial score (nSPS) is 10.9. The van der Waals surface area contributed by atoms with Crippen molar-refractivity contribution in [2.75, 3.05) is 0 Å². The number of thiophene rings is 1. The lowest BCUT2D eigenvalue weighted by atomic mass is 10.1. The third-order valence-electron chi connectivity index (χ3n) is 2.57. The lowest BCUT2D eigenvalue weighted by molar-refractivity contribution is 0.628. The van der Waals surface area contributed by atoms with Crippen molar-refractivity contribution >= 4 is 38.2 Å². The summed E-state index contributed by atoms with van der Waals surface area (Å²) in [6.07, 6.45) is 1.28. The minimum Gasteiger partial charge on any atom is -0.253 e. The molecule has 0 unspecified atom stereocenters. The van der Waals surface area contributed by atoms with Crippen molar-refractivity contribution in [2.45, 2.75) is 0 Å². The van der Waals surface area contributed by atoms with Crippen molar-refractivity contribution < 1.29 is 4.39 Å². The average Bonchev–Trinajstić information content (AvgIpc) is 2.75. The van der Waals surface area contributed by atoms with Gasteiger partial charge in [-0.1, -0.05) is 18.2 Å². The molecule has 0 saturated carbocycles. The molecule has 1 nitrogen and oxygen atoms in total. The number of rotatable bonds is 1. The van der Waals surface area contributed by atoms with Crippen LogP contribution in [0, 0.1) is 5.82 Å². The summed E-state index contributed by atoms with van der Waals surface area (Å²) in [5.41, 5.74) is 1.43. The van der Waals surface area contributed by atoms with E-state index >= 15 is 0 Å². The van der Waals surface area contributed by atoms with E-state index in [2.05, 4.69) is 20.9 Å². The molecule has 3 aromatic rings. The van der Waals surface area contributed by atoms with Gasteiger partial charge in [-0.15, -0.1) is 11.3 Å². The zero-order chi connectivity index (χ0) is 11.8. The number of hydrogen-bond donors (Lipinski definition) is 0. The number of para-hydroxylation sites is 1. The molecule has 84 valence electrons. The maximum atomic E-state index is 14.0. The summed E-state index contributed by atoms with van der Waals surface area (Å²) >= 11 is 4.96. The van der Waals surface area contributed by atoms with Gasteiger partial charge in [0.1, 0.15) is 0 Å². The highest BCUT2D eigenvalue weighted by atomic mass is 79.9. The molecule has 0 N–H and O–H groups in total. The van der Waals surface area contributed by atoms with E-state index in [0.717, 1.165) is 20.3 Å². The molecule has 0 aliphatic rings. The standard InChI is InChI=1S/C13H7BrFNS/c14-9-5-6-17-13(9)12-8-3-1-2-4-11(8)16-7-10(12)15/h1-7H. The van der Waals surface area contributed by atoms with Crippen molar-refractivity contribution in [3.8, 4) is 10.4 Å². The summed E-state index contributed by atoms with van der Waals surface area (Å²) in [6.45, 7) is 0. The van der Waals surface area contributed by atoms with E-state index in [1.54, 1.807) is 0 Å². The quantitative estimate of drug-likeness (QED) is 0.625. The molecule has 4 heteroatoms. The number of benzene rings is 1. The van der Waals surface area contributed by atoms with E-state index in [-0.39, 0.29) is 5.82 Å². The van der Waals surface area contributed by atoms with E-state index in [1.165, 1.54) is 17.5 Å². The Hall–Kier alpha value is -1.26. The molecule has 0 amide bonds. The van der Waals surface area contributed by atoms with Gasteiger partial charge in [0.25, 0.3) is 0 Å². The third kappa shape index (κ3) is 1.77. The van der Waals surface area contributed by atoms with Crippen LogP contribution in [0.5, 0.6) is 0 Å². The van der Waals surface area contributed by atoms with Crippen LogP contribution in [0.1, 0.15) is 0 Å². The summed E-state index contributed by atoms with van der Waals surface area (Å²) < 4.78 is 14.9. The van der Waals surface area contributed by atoms with Crippen LogP contribution in [0.2, 0.25) is 0 Å². The van der Waals surface area contributed by atoms with E-state index in [4.69, 9.17) is 0 Å². The van der Waals surface area contributed by atoms with Gasteiger partial charge in [0, 0.05) is 15.4 Å². The predicted molar refractivity (Wildman–Crippen MR) is 72.7 cm³/mol. The summed E-state index contributed by atoms with van der Waals surface area (Å²) in [5.74, 6) is -0.285. The Morgan fingerprint density at radius 1 is 1.18 bits per heavy atom. The Labute approximate surface area is 110 Å². The molecule has 0 radical (unpaired) electrons. The molecule has 2 heterocycles. The number of pyridine rings is 1. The number of aromatic nitrogens is 1. The van der Waals surface area contributed by atoms with Crippen molar-refractivity contribution in [3.05, 3.63) is 52.2 Å². The largest absolute Gasteiger partial charge is 0.253 e. The Bertz CT molecular complexity index is 693. The van der Waals surface area contributed by atoms with E-state index < -0.39 is 0 Å². The highest BCUT2D eigenvalue weighted by Gasteiger charge is 2.14. The van der Waals surface area contributed by atoms with Crippen molar-refractivity contribution in [1.29, 1.82) is 0 Å². The van der Waals surface area contributed by atoms with Gasteiger partial charge < -0.3 is 0 Å². The fourth-order valence-corrected chi connectivity index (χ4v) is 3.45. The van der Waals surface area contributed by atoms with Gasteiger partial charge in [0.2, 0.25) is 0 Å². The van der Waals surface area contributed by atoms with Gasteiger partial charge in [-0.25, -0.2) is 4.39 Å². The fourth-order valence-electron chi connectivity index (χ4n) is 1.82. The highest BCUT2D eigenvalue weighted by Crippen LogP contribution is 2.38. The Kier molecular flexibility index (Phi) is 2.68. The summed E-state index contributed by atoms with van der Waals surface area (Å²) in [4.78, 5) is 5.00. The molecule has 0 fully saturated rings. The van der Waals surface area contributed by atoms with Crippen LogP contribution in [0.4, 0.5) is 4.39 Å². The predicted octanol–water partition coefficient (Wildman–Crippen LogP) is 4.86. The van der Waals surface area contributed by atoms with Crippen LogP contribution in [0.3, 0.4) is 0 Å². The van der Waals surface area contributed by atoms with Crippen molar-refractivity contribution in [1.82, 2.24) is 4.98 Å². The first-order valence-corrected chi connectivity index (χ1v) is 6.71. The molecule has 0 aliphatic carbocycles. The maximum Gasteiger partial charge on any atom is 0.150 e. The van der Waals surface area contributed by atoms with E-state index in [9.17, 15) is 4.39 Å². The van der Waals surface area contributed by atoms with Crippen molar-refractivity contribution in [3.63, 3.8) is 0 Å². The number of fused-ring (bicyclic) bond motifs is 1. The molecular formula is C13H7BrFNS. The topological polar surface area (TPSA) is 12.9 Å². The number of nitrogens with zero attached hydrogens (tertiary/aromatic N) is 1. The molecule has 3 rings (SSSR count). The zero-order valence-electron chi connectivity index (χ0n) is 8.65. The second-order valence-corrected chi connectivity index (χ2v) is 5.37. The third-order valence-corrected chi connectivity index (χ3v) is 4.43. The first-order valence-electron chi connectivity index (χ1n) is 5.04. The average molecular weight is 308 g/mol. The van der Waals surface area contributed by atoms with Crippen LogP contribution in [0.25, 0.3) is 21.3 Å². The van der Waals surface area contributed by atoms with Crippen LogP contribution in [0.15, 0.2) is 46.4 Å². The Morgan fingerprint density at radius 2 is 2.00 bits per heavy atom. The molecule has 0 saturated heterocycles. The first kappa shape index (κ1) is 10.9.